The minimum Gasteiger partial charge on any atom is -0.357 e. The fourth-order valence-corrected chi connectivity index (χ4v) is 4.01. The number of hydrogen-bond donors (Lipinski definition) is 2. The lowest BCUT2D eigenvalue weighted by molar-refractivity contribution is 0.260. The van der Waals surface area contributed by atoms with Gasteiger partial charge in [0, 0.05) is 63.6 Å². The van der Waals surface area contributed by atoms with Crippen molar-refractivity contribution in [2.45, 2.75) is 25.2 Å². The zero-order chi connectivity index (χ0) is 20.7. The summed E-state index contributed by atoms with van der Waals surface area (Å²) in [5.74, 6) is 1.76. The van der Waals surface area contributed by atoms with Crippen LogP contribution in [0.4, 0.5) is 5.95 Å². The first-order valence-corrected chi connectivity index (χ1v) is 11.1. The van der Waals surface area contributed by atoms with Crippen molar-refractivity contribution >= 4 is 35.9 Å². The molecule has 1 aromatic carbocycles. The van der Waals surface area contributed by atoms with Crippen molar-refractivity contribution in [2.24, 2.45) is 4.99 Å². The van der Waals surface area contributed by atoms with Crippen LogP contribution in [0.1, 0.15) is 25.3 Å². The predicted molar refractivity (Wildman–Crippen MR) is 137 cm³/mol. The first-order valence-electron chi connectivity index (χ1n) is 11.1. The van der Waals surface area contributed by atoms with Crippen LogP contribution >= 0.6 is 24.0 Å². The van der Waals surface area contributed by atoms with Gasteiger partial charge < -0.3 is 15.5 Å². The van der Waals surface area contributed by atoms with Crippen LogP contribution in [0.5, 0.6) is 0 Å². The molecule has 2 aromatic rings. The number of piperazine rings is 1. The Kier molecular flexibility index (Phi) is 8.89. The van der Waals surface area contributed by atoms with E-state index in [1.807, 2.05) is 18.5 Å². The van der Waals surface area contributed by atoms with Gasteiger partial charge in [0.05, 0.1) is 6.54 Å². The van der Waals surface area contributed by atoms with Gasteiger partial charge in [-0.05, 0) is 31.4 Å². The molecule has 1 saturated carbocycles. The van der Waals surface area contributed by atoms with Crippen LogP contribution in [0.25, 0.3) is 0 Å². The highest BCUT2D eigenvalue weighted by atomic mass is 127. The van der Waals surface area contributed by atoms with E-state index >= 15 is 0 Å². The van der Waals surface area contributed by atoms with Crippen molar-refractivity contribution < 1.29 is 0 Å². The van der Waals surface area contributed by atoms with Gasteiger partial charge in [-0.2, -0.15) is 0 Å². The lowest BCUT2D eigenvalue weighted by atomic mass is 9.96. The minimum atomic E-state index is 0. The molecule has 0 spiro atoms. The first-order chi connectivity index (χ1) is 14.8. The molecule has 0 amide bonds. The monoisotopic (exact) mass is 535 g/mol. The Morgan fingerprint density at radius 1 is 1.00 bits per heavy atom. The second-order valence-electron chi connectivity index (χ2n) is 8.15. The van der Waals surface area contributed by atoms with Crippen molar-refractivity contribution in [3.8, 4) is 0 Å². The highest BCUT2D eigenvalue weighted by Crippen LogP contribution is 2.48. The smallest absolute Gasteiger partial charge is 0.225 e. The van der Waals surface area contributed by atoms with E-state index < -0.39 is 0 Å². The zero-order valence-electron chi connectivity index (χ0n) is 18.3. The number of halogens is 1. The molecule has 2 aliphatic rings. The molecule has 0 radical (unpaired) electrons. The third-order valence-corrected chi connectivity index (χ3v) is 6.05. The second kappa shape index (κ2) is 11.6. The van der Waals surface area contributed by atoms with Gasteiger partial charge in [0.25, 0.3) is 0 Å². The van der Waals surface area contributed by atoms with Crippen LogP contribution in [0, 0.1) is 0 Å². The van der Waals surface area contributed by atoms with E-state index in [0.29, 0.717) is 0 Å². The van der Waals surface area contributed by atoms with E-state index in [-0.39, 0.29) is 29.4 Å². The average molecular weight is 535 g/mol. The molecule has 1 aliphatic heterocycles. The Morgan fingerprint density at radius 2 is 1.71 bits per heavy atom. The van der Waals surface area contributed by atoms with Gasteiger partial charge in [-0.25, -0.2) is 9.97 Å². The average Bonchev–Trinajstić information content (AvgIpc) is 3.60. The Labute approximate surface area is 202 Å². The number of guanidine groups is 1. The van der Waals surface area contributed by atoms with Crippen LogP contribution in [0.15, 0.2) is 53.8 Å². The summed E-state index contributed by atoms with van der Waals surface area (Å²) >= 11 is 0. The van der Waals surface area contributed by atoms with E-state index in [9.17, 15) is 0 Å². The maximum absolute atomic E-state index is 4.91. The molecule has 1 aliphatic carbocycles. The van der Waals surface area contributed by atoms with E-state index in [1.54, 1.807) is 0 Å². The lowest BCUT2D eigenvalue weighted by Crippen LogP contribution is -2.49. The summed E-state index contributed by atoms with van der Waals surface area (Å²) in [5.41, 5.74) is 1.67. The maximum Gasteiger partial charge on any atom is 0.225 e. The van der Waals surface area contributed by atoms with Crippen LogP contribution < -0.4 is 15.5 Å². The third-order valence-electron chi connectivity index (χ3n) is 6.05. The molecule has 0 unspecified atom stereocenters. The van der Waals surface area contributed by atoms with E-state index in [4.69, 9.17) is 4.99 Å². The summed E-state index contributed by atoms with van der Waals surface area (Å²) in [5, 5.41) is 6.92. The maximum atomic E-state index is 4.91. The molecule has 7 nitrogen and oxygen atoms in total. The van der Waals surface area contributed by atoms with Crippen molar-refractivity contribution in [2.75, 3.05) is 57.3 Å². The molecule has 168 valence electrons. The minimum absolute atomic E-state index is 0. The molecule has 31 heavy (non-hydrogen) atoms. The summed E-state index contributed by atoms with van der Waals surface area (Å²) in [6.07, 6.45) is 6.08. The number of anilines is 1. The Balaban J connectivity index is 0.00000272. The Hall–Kier alpha value is -1.94. The normalized spacial score (nSPS) is 18.2. The van der Waals surface area contributed by atoms with E-state index in [1.165, 1.54) is 18.4 Å². The summed E-state index contributed by atoms with van der Waals surface area (Å²) in [4.78, 5) is 18.4. The number of nitrogens with zero attached hydrogens (tertiary/aromatic N) is 5. The Morgan fingerprint density at radius 3 is 2.35 bits per heavy atom. The highest BCUT2D eigenvalue weighted by molar-refractivity contribution is 14.0. The van der Waals surface area contributed by atoms with Gasteiger partial charge in [-0.3, -0.25) is 9.89 Å². The lowest BCUT2D eigenvalue weighted by Gasteiger charge is -2.34. The van der Waals surface area contributed by atoms with E-state index in [2.05, 4.69) is 67.7 Å². The number of hydrogen-bond acceptors (Lipinski definition) is 5. The van der Waals surface area contributed by atoms with Crippen molar-refractivity contribution in [1.82, 2.24) is 25.5 Å². The molecule has 2 fully saturated rings. The summed E-state index contributed by atoms with van der Waals surface area (Å²) in [7, 11) is 0. The number of aliphatic imine (C=N–C) groups is 1. The zero-order valence-corrected chi connectivity index (χ0v) is 20.7. The predicted octanol–water partition coefficient (Wildman–Crippen LogP) is 2.50. The SMILES string of the molecule is CCNC(=NCC1(c2ccccc2)CC1)NCCN1CCN(c2ncccn2)CC1.I. The second-order valence-corrected chi connectivity index (χ2v) is 8.15. The van der Waals surface area contributed by atoms with Crippen LogP contribution in [-0.4, -0.2) is 73.2 Å². The Bertz CT molecular complexity index is 803. The standard InChI is InChI=1S/C23H33N7.HI/c1-2-24-21(28-19-23(9-10-23)20-7-4-3-5-8-20)25-13-14-29-15-17-30(18-16-29)22-26-11-6-12-27-22;/h3-8,11-12H,2,9-10,13-19H2,1H3,(H2,24,25,28);1H. The van der Waals surface area contributed by atoms with Gasteiger partial charge >= 0.3 is 0 Å². The van der Waals surface area contributed by atoms with Crippen LogP contribution in [-0.2, 0) is 5.41 Å². The molecular formula is C23H34IN7. The molecule has 4 rings (SSSR count). The topological polar surface area (TPSA) is 68.7 Å². The quantitative estimate of drug-likeness (QED) is 0.308. The fraction of sp³-hybridized carbons (Fsp3) is 0.522. The molecule has 0 atom stereocenters. The van der Waals surface area contributed by atoms with Gasteiger partial charge in [0.15, 0.2) is 5.96 Å². The first kappa shape index (κ1) is 23.7. The number of nitrogens with one attached hydrogen (secondary N) is 2. The van der Waals surface area contributed by atoms with Gasteiger partial charge in [0.1, 0.15) is 0 Å². The van der Waals surface area contributed by atoms with Crippen LogP contribution in [0.3, 0.4) is 0 Å². The largest absolute Gasteiger partial charge is 0.357 e. The van der Waals surface area contributed by atoms with Crippen LogP contribution in [0.2, 0.25) is 0 Å². The molecular weight excluding hydrogens is 501 g/mol. The summed E-state index contributed by atoms with van der Waals surface area (Å²) < 4.78 is 0. The van der Waals surface area contributed by atoms with Gasteiger partial charge in [-0.1, -0.05) is 30.3 Å². The molecule has 2 N–H and O–H groups in total. The molecule has 8 heteroatoms. The summed E-state index contributed by atoms with van der Waals surface area (Å²) in [6.45, 7) is 9.75. The number of rotatable bonds is 8. The fourth-order valence-electron chi connectivity index (χ4n) is 4.01. The molecule has 2 heterocycles. The van der Waals surface area contributed by atoms with Crippen molar-refractivity contribution in [3.05, 3.63) is 54.4 Å². The van der Waals surface area contributed by atoms with Gasteiger partial charge in [0.2, 0.25) is 5.95 Å². The summed E-state index contributed by atoms with van der Waals surface area (Å²) in [6, 6.07) is 12.7. The highest BCUT2D eigenvalue weighted by Gasteiger charge is 2.43. The molecule has 1 saturated heterocycles. The molecule has 0 bridgehead atoms. The molecule has 1 aromatic heterocycles. The third kappa shape index (κ3) is 6.52. The van der Waals surface area contributed by atoms with Crippen molar-refractivity contribution in [3.63, 3.8) is 0 Å². The number of benzene rings is 1. The number of aromatic nitrogens is 2. The van der Waals surface area contributed by atoms with Crippen molar-refractivity contribution in [1.29, 1.82) is 0 Å². The van der Waals surface area contributed by atoms with E-state index in [0.717, 1.165) is 64.3 Å². The van der Waals surface area contributed by atoms with Gasteiger partial charge in [-0.15, -0.1) is 24.0 Å².